The zero-order valence-electron chi connectivity index (χ0n) is 5.03. The number of hydrogen-bond acceptors (Lipinski definition) is 5. The van der Waals surface area contributed by atoms with Gasteiger partial charge < -0.3 is 15.9 Å². The van der Waals surface area contributed by atoms with Crippen molar-refractivity contribution in [2.24, 2.45) is 5.73 Å². The summed E-state index contributed by atoms with van der Waals surface area (Å²) in [6, 6.07) is -0.183. The van der Waals surface area contributed by atoms with Gasteiger partial charge in [-0.1, -0.05) is 5.10 Å². The molecule has 0 saturated carbocycles. The third kappa shape index (κ3) is 1.17. The molecule has 0 fully saturated rings. The SMILES string of the molecule is CC(N)c1nnc(N)o1. The van der Waals surface area contributed by atoms with E-state index in [1.165, 1.54) is 0 Å². The maximum absolute atomic E-state index is 5.38. The fourth-order valence-corrected chi connectivity index (χ4v) is 0.431. The van der Waals surface area contributed by atoms with Crippen LogP contribution in [0, 0.1) is 0 Å². The van der Waals surface area contributed by atoms with E-state index in [1.54, 1.807) is 6.92 Å². The summed E-state index contributed by atoms with van der Waals surface area (Å²) >= 11 is 0. The molecule has 0 aliphatic carbocycles. The van der Waals surface area contributed by atoms with Gasteiger partial charge in [-0.15, -0.1) is 5.10 Å². The molecule has 0 aliphatic rings. The minimum absolute atomic E-state index is 0.0577. The smallest absolute Gasteiger partial charge is 0.312 e. The molecule has 0 amide bonds. The van der Waals surface area contributed by atoms with Crippen molar-refractivity contribution >= 4 is 6.01 Å². The first-order valence-corrected chi connectivity index (χ1v) is 2.54. The molecule has 50 valence electrons. The molecule has 0 radical (unpaired) electrons. The van der Waals surface area contributed by atoms with Gasteiger partial charge in [0.05, 0.1) is 6.04 Å². The molecular formula is C4H8N4O. The van der Waals surface area contributed by atoms with Gasteiger partial charge in [0.1, 0.15) is 0 Å². The van der Waals surface area contributed by atoms with Crippen molar-refractivity contribution in [3.05, 3.63) is 5.89 Å². The quantitative estimate of drug-likeness (QED) is 0.540. The lowest BCUT2D eigenvalue weighted by Gasteiger charge is -1.92. The number of hydrogen-bond donors (Lipinski definition) is 2. The Bertz CT molecular complexity index is 194. The lowest BCUT2D eigenvalue weighted by Crippen LogP contribution is -2.04. The van der Waals surface area contributed by atoms with Crippen LogP contribution < -0.4 is 11.5 Å². The highest BCUT2D eigenvalue weighted by Crippen LogP contribution is 2.07. The van der Waals surface area contributed by atoms with Crippen LogP contribution >= 0.6 is 0 Å². The molecule has 0 spiro atoms. The number of aromatic nitrogens is 2. The lowest BCUT2D eigenvalue weighted by molar-refractivity contribution is 0.477. The van der Waals surface area contributed by atoms with Gasteiger partial charge in [-0.2, -0.15) is 0 Å². The number of anilines is 1. The fraction of sp³-hybridized carbons (Fsp3) is 0.500. The van der Waals surface area contributed by atoms with Gasteiger partial charge in [-0.25, -0.2) is 0 Å². The van der Waals surface area contributed by atoms with Crippen molar-refractivity contribution in [1.29, 1.82) is 0 Å². The van der Waals surface area contributed by atoms with Gasteiger partial charge in [0, 0.05) is 0 Å². The van der Waals surface area contributed by atoms with Gasteiger partial charge in [-0.3, -0.25) is 0 Å². The first-order chi connectivity index (χ1) is 4.20. The van der Waals surface area contributed by atoms with Crippen molar-refractivity contribution in [3.63, 3.8) is 0 Å². The van der Waals surface area contributed by atoms with Crippen molar-refractivity contribution in [2.45, 2.75) is 13.0 Å². The summed E-state index contributed by atoms with van der Waals surface area (Å²) in [5.41, 5.74) is 10.5. The first kappa shape index (κ1) is 6.03. The predicted molar refractivity (Wildman–Crippen MR) is 31.3 cm³/mol. The molecule has 1 aromatic rings. The molecular weight excluding hydrogens is 120 g/mol. The Morgan fingerprint density at radius 1 is 1.56 bits per heavy atom. The molecule has 1 atom stereocenters. The van der Waals surface area contributed by atoms with Crippen LogP contribution in [0.1, 0.15) is 18.9 Å². The third-order valence-corrected chi connectivity index (χ3v) is 0.846. The summed E-state index contributed by atoms with van der Waals surface area (Å²) in [6.45, 7) is 1.74. The Labute approximate surface area is 52.0 Å². The predicted octanol–water partition coefficient (Wildman–Crippen LogP) is -0.328. The van der Waals surface area contributed by atoms with Crippen LogP contribution in [0.3, 0.4) is 0 Å². The molecule has 0 bridgehead atoms. The van der Waals surface area contributed by atoms with Gasteiger partial charge in [0.2, 0.25) is 5.89 Å². The highest BCUT2D eigenvalue weighted by Gasteiger charge is 2.05. The Morgan fingerprint density at radius 2 is 2.22 bits per heavy atom. The molecule has 5 heteroatoms. The van der Waals surface area contributed by atoms with Crippen molar-refractivity contribution in [1.82, 2.24) is 10.2 Å². The third-order valence-electron chi connectivity index (χ3n) is 0.846. The van der Waals surface area contributed by atoms with Gasteiger partial charge in [0.25, 0.3) is 0 Å². The van der Waals surface area contributed by atoms with Crippen LogP contribution in [-0.2, 0) is 0 Å². The van der Waals surface area contributed by atoms with E-state index in [1.807, 2.05) is 0 Å². The van der Waals surface area contributed by atoms with Crippen LogP contribution in [0.25, 0.3) is 0 Å². The van der Waals surface area contributed by atoms with E-state index in [4.69, 9.17) is 15.9 Å². The molecule has 0 aromatic carbocycles. The fourth-order valence-electron chi connectivity index (χ4n) is 0.431. The molecule has 1 aromatic heterocycles. The number of nitrogen functional groups attached to an aromatic ring is 1. The number of rotatable bonds is 1. The van der Waals surface area contributed by atoms with Gasteiger partial charge in [-0.05, 0) is 6.92 Å². The van der Waals surface area contributed by atoms with Crippen molar-refractivity contribution in [2.75, 3.05) is 5.73 Å². The Morgan fingerprint density at radius 3 is 2.44 bits per heavy atom. The molecule has 1 heterocycles. The molecule has 4 N–H and O–H groups in total. The van der Waals surface area contributed by atoms with Crippen LogP contribution in [0.2, 0.25) is 0 Å². The Balaban J connectivity index is 2.85. The van der Waals surface area contributed by atoms with Crippen LogP contribution in [0.4, 0.5) is 6.01 Å². The van der Waals surface area contributed by atoms with E-state index >= 15 is 0 Å². The molecule has 1 unspecified atom stereocenters. The minimum Gasteiger partial charge on any atom is -0.407 e. The topological polar surface area (TPSA) is 91.0 Å². The monoisotopic (exact) mass is 128 g/mol. The van der Waals surface area contributed by atoms with E-state index in [-0.39, 0.29) is 12.1 Å². The van der Waals surface area contributed by atoms with E-state index in [0.717, 1.165) is 0 Å². The summed E-state index contributed by atoms with van der Waals surface area (Å²) in [5, 5.41) is 6.97. The standard InChI is InChI=1S/C4H8N4O/c1-2(5)3-7-8-4(6)9-3/h2H,5H2,1H3,(H2,6,8). The van der Waals surface area contributed by atoms with Crippen molar-refractivity contribution in [3.8, 4) is 0 Å². The summed E-state index contributed by atoms with van der Waals surface area (Å²) in [7, 11) is 0. The normalized spacial score (nSPS) is 13.6. The largest absolute Gasteiger partial charge is 0.407 e. The average molecular weight is 128 g/mol. The highest BCUT2D eigenvalue weighted by molar-refractivity contribution is 5.05. The van der Waals surface area contributed by atoms with E-state index in [0.29, 0.717) is 5.89 Å². The Kier molecular flexibility index (Phi) is 1.35. The van der Waals surface area contributed by atoms with E-state index in [9.17, 15) is 0 Å². The molecule has 1 rings (SSSR count). The molecule has 5 nitrogen and oxygen atoms in total. The first-order valence-electron chi connectivity index (χ1n) is 2.54. The Hall–Kier alpha value is -1.10. The summed E-state index contributed by atoms with van der Waals surface area (Å²) < 4.78 is 4.78. The van der Waals surface area contributed by atoms with E-state index in [2.05, 4.69) is 10.2 Å². The van der Waals surface area contributed by atoms with Crippen molar-refractivity contribution < 1.29 is 4.42 Å². The maximum Gasteiger partial charge on any atom is 0.312 e. The maximum atomic E-state index is 5.38. The summed E-state index contributed by atoms with van der Waals surface area (Å²) in [5.74, 6) is 0.368. The number of nitrogens with zero attached hydrogens (tertiary/aromatic N) is 2. The second kappa shape index (κ2) is 2.02. The van der Waals surface area contributed by atoms with Gasteiger partial charge >= 0.3 is 6.01 Å². The second-order valence-corrected chi connectivity index (χ2v) is 1.77. The second-order valence-electron chi connectivity index (χ2n) is 1.77. The van der Waals surface area contributed by atoms with E-state index < -0.39 is 0 Å². The molecule has 0 saturated heterocycles. The zero-order chi connectivity index (χ0) is 6.85. The summed E-state index contributed by atoms with van der Waals surface area (Å²) in [4.78, 5) is 0. The average Bonchev–Trinajstić information content (AvgIpc) is 2.14. The molecule has 9 heavy (non-hydrogen) atoms. The van der Waals surface area contributed by atoms with Gasteiger partial charge in [0.15, 0.2) is 0 Å². The summed E-state index contributed by atoms with van der Waals surface area (Å²) in [6.07, 6.45) is 0. The minimum atomic E-state index is -0.241. The lowest BCUT2D eigenvalue weighted by atomic mass is 10.4. The highest BCUT2D eigenvalue weighted by atomic mass is 16.4. The van der Waals surface area contributed by atoms with Crippen LogP contribution in [-0.4, -0.2) is 10.2 Å². The molecule has 0 aliphatic heterocycles. The van der Waals surface area contributed by atoms with Crippen LogP contribution in [0.15, 0.2) is 4.42 Å². The zero-order valence-corrected chi connectivity index (χ0v) is 5.03. The number of nitrogens with two attached hydrogens (primary N) is 2. The van der Waals surface area contributed by atoms with Crippen LogP contribution in [0.5, 0.6) is 0 Å².